The van der Waals surface area contributed by atoms with Gasteiger partial charge in [-0.2, -0.15) is 0 Å². The van der Waals surface area contributed by atoms with Crippen molar-refractivity contribution in [1.29, 1.82) is 0 Å². The van der Waals surface area contributed by atoms with Gasteiger partial charge in [0.25, 0.3) is 0 Å². The van der Waals surface area contributed by atoms with Gasteiger partial charge in [-0.25, -0.2) is 9.97 Å². The first-order valence-electron chi connectivity index (χ1n) is 6.84. The Morgan fingerprint density at radius 3 is 2.67 bits per heavy atom. The summed E-state index contributed by atoms with van der Waals surface area (Å²) in [5.41, 5.74) is 2.37. The molecule has 0 atom stereocenters. The summed E-state index contributed by atoms with van der Waals surface area (Å²) in [7, 11) is 1.94. The molecule has 0 aliphatic carbocycles. The number of aryl methyl sites for hydroxylation is 1. The van der Waals surface area contributed by atoms with E-state index in [1.807, 2.05) is 30.1 Å². The highest BCUT2D eigenvalue weighted by molar-refractivity contribution is 7.19. The zero-order valence-corrected chi connectivity index (χ0v) is 12.9. The number of anilines is 1. The number of aliphatic hydroxyl groups excluding tert-OH is 1. The fourth-order valence-electron chi connectivity index (χ4n) is 2.53. The van der Waals surface area contributed by atoms with E-state index in [1.54, 1.807) is 17.7 Å². The zero-order chi connectivity index (χ0) is 14.8. The lowest BCUT2D eigenvalue weighted by atomic mass is 10.0. The van der Waals surface area contributed by atoms with E-state index >= 15 is 0 Å². The summed E-state index contributed by atoms with van der Waals surface area (Å²) in [6.07, 6.45) is 1.59. The Hall–Kier alpha value is -1.98. The van der Waals surface area contributed by atoms with Crippen molar-refractivity contribution in [2.24, 2.45) is 0 Å². The number of thiophene rings is 1. The van der Waals surface area contributed by atoms with Crippen molar-refractivity contribution in [2.45, 2.75) is 6.92 Å². The average molecular weight is 299 g/mol. The maximum absolute atomic E-state index is 9.18. The molecule has 2 heterocycles. The first-order chi connectivity index (χ1) is 10.2. The predicted octanol–water partition coefficient (Wildman–Crippen LogP) is 3.10. The van der Waals surface area contributed by atoms with Gasteiger partial charge in [0.2, 0.25) is 0 Å². The molecule has 1 aromatic carbocycles. The Morgan fingerprint density at radius 2 is 1.95 bits per heavy atom. The van der Waals surface area contributed by atoms with Crippen LogP contribution < -0.4 is 4.90 Å². The highest BCUT2D eigenvalue weighted by Gasteiger charge is 2.18. The van der Waals surface area contributed by atoms with Crippen LogP contribution in [-0.2, 0) is 0 Å². The molecule has 0 spiro atoms. The maximum Gasteiger partial charge on any atom is 0.141 e. The summed E-state index contributed by atoms with van der Waals surface area (Å²) >= 11 is 1.68. The van der Waals surface area contributed by atoms with Crippen LogP contribution in [0.5, 0.6) is 0 Å². The lowest BCUT2D eigenvalue weighted by Crippen LogP contribution is -2.22. The summed E-state index contributed by atoms with van der Waals surface area (Å²) in [5, 5.41) is 10.3. The van der Waals surface area contributed by atoms with E-state index in [0.29, 0.717) is 6.54 Å². The molecule has 0 amide bonds. The zero-order valence-electron chi connectivity index (χ0n) is 12.1. The Balaban J connectivity index is 2.27. The Bertz CT molecular complexity index is 755. The summed E-state index contributed by atoms with van der Waals surface area (Å²) in [5.74, 6) is 0.872. The van der Waals surface area contributed by atoms with Gasteiger partial charge in [0.1, 0.15) is 17.0 Å². The third-order valence-electron chi connectivity index (χ3n) is 3.50. The van der Waals surface area contributed by atoms with E-state index in [9.17, 15) is 5.11 Å². The van der Waals surface area contributed by atoms with Crippen LogP contribution >= 0.6 is 11.3 Å². The molecule has 0 saturated heterocycles. The van der Waals surface area contributed by atoms with Crippen molar-refractivity contribution in [2.75, 3.05) is 25.1 Å². The lowest BCUT2D eigenvalue weighted by Gasteiger charge is -2.18. The topological polar surface area (TPSA) is 49.2 Å². The number of benzene rings is 1. The molecule has 0 aliphatic rings. The molecule has 21 heavy (non-hydrogen) atoms. The molecule has 4 nitrogen and oxygen atoms in total. The molecule has 0 bridgehead atoms. The van der Waals surface area contributed by atoms with Crippen molar-refractivity contribution >= 4 is 27.4 Å². The summed E-state index contributed by atoms with van der Waals surface area (Å²) in [6, 6.07) is 10.3. The van der Waals surface area contributed by atoms with Crippen LogP contribution in [0.4, 0.5) is 5.82 Å². The van der Waals surface area contributed by atoms with E-state index < -0.39 is 0 Å². The fourth-order valence-corrected chi connectivity index (χ4v) is 3.53. The number of hydrogen-bond donors (Lipinski definition) is 1. The number of hydrogen-bond acceptors (Lipinski definition) is 5. The normalized spacial score (nSPS) is 11.0. The van der Waals surface area contributed by atoms with E-state index in [1.165, 1.54) is 16.0 Å². The predicted molar refractivity (Wildman–Crippen MR) is 87.9 cm³/mol. The molecule has 3 aromatic rings. The van der Waals surface area contributed by atoms with Gasteiger partial charge < -0.3 is 10.0 Å². The van der Waals surface area contributed by atoms with Gasteiger partial charge in [-0.3, -0.25) is 0 Å². The number of nitrogens with zero attached hydrogens (tertiary/aromatic N) is 3. The molecule has 0 unspecified atom stereocenters. The van der Waals surface area contributed by atoms with Gasteiger partial charge in [0.15, 0.2) is 0 Å². The van der Waals surface area contributed by atoms with Crippen LogP contribution in [0.1, 0.15) is 4.88 Å². The molecule has 2 aromatic heterocycles. The number of likely N-dealkylation sites (N-methyl/N-ethyl adjacent to an activating group) is 1. The smallest absolute Gasteiger partial charge is 0.141 e. The molecule has 108 valence electrons. The minimum atomic E-state index is 0.103. The van der Waals surface area contributed by atoms with Crippen LogP contribution in [0.2, 0.25) is 0 Å². The van der Waals surface area contributed by atoms with Gasteiger partial charge in [-0.05, 0) is 12.5 Å². The van der Waals surface area contributed by atoms with Gasteiger partial charge in [0, 0.05) is 24.0 Å². The third kappa shape index (κ3) is 2.50. The van der Waals surface area contributed by atoms with Crippen molar-refractivity contribution in [3.05, 3.63) is 41.5 Å². The molecule has 0 saturated carbocycles. The van der Waals surface area contributed by atoms with Gasteiger partial charge in [-0.15, -0.1) is 11.3 Å². The summed E-state index contributed by atoms with van der Waals surface area (Å²) < 4.78 is 0. The molecule has 5 heteroatoms. The van der Waals surface area contributed by atoms with Crippen LogP contribution in [0.25, 0.3) is 21.3 Å². The standard InChI is InChI=1S/C16H17N3OS/c1-11-13(12-6-4-3-5-7-12)14-15(19(2)8-9-20)17-10-18-16(14)21-11/h3-7,10,20H,8-9H2,1-2H3. The number of fused-ring (bicyclic) bond motifs is 1. The molecule has 3 rings (SSSR count). The Morgan fingerprint density at radius 1 is 1.19 bits per heavy atom. The Labute approximate surface area is 127 Å². The molecule has 1 N–H and O–H groups in total. The molecule has 0 aliphatic heterocycles. The van der Waals surface area contributed by atoms with Crippen LogP contribution in [-0.4, -0.2) is 35.3 Å². The SMILES string of the molecule is Cc1sc2ncnc(N(C)CCO)c2c1-c1ccccc1. The van der Waals surface area contributed by atoms with Crippen LogP contribution in [0.15, 0.2) is 36.7 Å². The minimum absolute atomic E-state index is 0.103. The highest BCUT2D eigenvalue weighted by Crippen LogP contribution is 2.40. The largest absolute Gasteiger partial charge is 0.395 e. The van der Waals surface area contributed by atoms with Crippen molar-refractivity contribution in [3.8, 4) is 11.1 Å². The van der Waals surface area contributed by atoms with Crippen molar-refractivity contribution in [1.82, 2.24) is 9.97 Å². The molecular formula is C16H17N3OS. The number of aromatic nitrogens is 2. The number of aliphatic hydroxyl groups is 1. The lowest BCUT2D eigenvalue weighted by molar-refractivity contribution is 0.304. The number of rotatable bonds is 4. The first kappa shape index (κ1) is 14.0. The fraction of sp³-hybridized carbons (Fsp3) is 0.250. The monoisotopic (exact) mass is 299 g/mol. The second-order valence-electron chi connectivity index (χ2n) is 4.92. The van der Waals surface area contributed by atoms with Crippen LogP contribution in [0.3, 0.4) is 0 Å². The van der Waals surface area contributed by atoms with E-state index in [0.717, 1.165) is 16.0 Å². The van der Waals surface area contributed by atoms with E-state index in [4.69, 9.17) is 0 Å². The van der Waals surface area contributed by atoms with Crippen molar-refractivity contribution < 1.29 is 5.11 Å². The summed E-state index contributed by atoms with van der Waals surface area (Å²) in [4.78, 5) is 13.0. The maximum atomic E-state index is 9.18. The second kappa shape index (κ2) is 5.79. The van der Waals surface area contributed by atoms with E-state index in [2.05, 4.69) is 29.0 Å². The average Bonchev–Trinajstić information content (AvgIpc) is 2.84. The highest BCUT2D eigenvalue weighted by atomic mass is 32.1. The van der Waals surface area contributed by atoms with Crippen molar-refractivity contribution in [3.63, 3.8) is 0 Å². The molecule has 0 radical (unpaired) electrons. The van der Waals surface area contributed by atoms with Crippen LogP contribution in [0, 0.1) is 6.92 Å². The second-order valence-corrected chi connectivity index (χ2v) is 6.13. The van der Waals surface area contributed by atoms with Gasteiger partial charge >= 0.3 is 0 Å². The third-order valence-corrected chi connectivity index (χ3v) is 4.52. The molecular weight excluding hydrogens is 282 g/mol. The first-order valence-corrected chi connectivity index (χ1v) is 7.65. The minimum Gasteiger partial charge on any atom is -0.395 e. The quantitative estimate of drug-likeness (QED) is 0.804. The summed E-state index contributed by atoms with van der Waals surface area (Å²) in [6.45, 7) is 2.77. The molecule has 0 fully saturated rings. The Kier molecular flexibility index (Phi) is 3.86. The van der Waals surface area contributed by atoms with Gasteiger partial charge in [0.05, 0.1) is 12.0 Å². The van der Waals surface area contributed by atoms with E-state index in [-0.39, 0.29) is 6.61 Å². The van der Waals surface area contributed by atoms with Gasteiger partial charge in [-0.1, -0.05) is 30.3 Å².